The predicted molar refractivity (Wildman–Crippen MR) is 118 cm³/mol. The molecule has 0 radical (unpaired) electrons. The van der Waals surface area contributed by atoms with Gasteiger partial charge in [0.05, 0.1) is 12.7 Å². The third-order valence-corrected chi connectivity index (χ3v) is 7.17. The van der Waals surface area contributed by atoms with Crippen molar-refractivity contribution in [2.24, 2.45) is 0 Å². The Bertz CT molecular complexity index is 989. The number of aryl methyl sites for hydroxylation is 1. The van der Waals surface area contributed by atoms with E-state index in [0.29, 0.717) is 10.9 Å². The Labute approximate surface area is 209 Å². The van der Waals surface area contributed by atoms with Crippen LogP contribution in [0.4, 0.5) is 26.3 Å². The van der Waals surface area contributed by atoms with Gasteiger partial charge in [-0.15, -0.1) is 23.1 Å². The summed E-state index contributed by atoms with van der Waals surface area (Å²) < 4.78 is 69.9. The van der Waals surface area contributed by atoms with Gasteiger partial charge in [0.1, 0.15) is 16.9 Å². The molecule has 4 heterocycles. The Hall–Kier alpha value is -2.59. The number of hydrogen-bond donors (Lipinski definition) is 2. The van der Waals surface area contributed by atoms with Gasteiger partial charge in [-0.2, -0.15) is 26.3 Å². The maximum Gasteiger partial charge on any atom is 0.490 e. The summed E-state index contributed by atoms with van der Waals surface area (Å²) in [5.74, 6) is -3.54. The van der Waals surface area contributed by atoms with Crippen LogP contribution >= 0.6 is 23.1 Å². The summed E-state index contributed by atoms with van der Waals surface area (Å²) in [6.07, 6.45) is -5.13. The number of nitrogens with zero attached hydrogens (tertiary/aromatic N) is 3. The van der Waals surface area contributed by atoms with Crippen LogP contribution in [0.1, 0.15) is 17.1 Å². The molecule has 36 heavy (non-hydrogen) atoms. The van der Waals surface area contributed by atoms with Crippen LogP contribution in [0.15, 0.2) is 29.9 Å². The van der Waals surface area contributed by atoms with Crippen molar-refractivity contribution < 1.29 is 50.9 Å². The van der Waals surface area contributed by atoms with Crippen molar-refractivity contribution in [2.75, 3.05) is 18.8 Å². The van der Waals surface area contributed by atoms with Gasteiger partial charge in [0.25, 0.3) is 0 Å². The highest BCUT2D eigenvalue weighted by molar-refractivity contribution is 8.01. The topological polar surface area (TPSA) is 113 Å². The van der Waals surface area contributed by atoms with Crippen LogP contribution in [-0.2, 0) is 16.1 Å². The van der Waals surface area contributed by atoms with E-state index in [9.17, 15) is 26.3 Å². The van der Waals surface area contributed by atoms with Crippen LogP contribution in [-0.4, -0.2) is 79.1 Å². The molecule has 0 amide bonds. The maximum atomic E-state index is 10.6. The Morgan fingerprint density at radius 3 is 2.19 bits per heavy atom. The van der Waals surface area contributed by atoms with E-state index in [1.54, 1.807) is 23.7 Å². The van der Waals surface area contributed by atoms with Gasteiger partial charge in [0.2, 0.25) is 0 Å². The number of carbonyl (C=O) groups is 2. The van der Waals surface area contributed by atoms with Crippen LogP contribution in [0.2, 0.25) is 0 Å². The third-order valence-electron chi connectivity index (χ3n) is 4.65. The second-order valence-corrected chi connectivity index (χ2v) is 10.2. The number of halogens is 6. The quantitative estimate of drug-likeness (QED) is 0.529. The van der Waals surface area contributed by atoms with Crippen LogP contribution in [0.3, 0.4) is 0 Å². The lowest BCUT2D eigenvalue weighted by atomic mass is 9.93. The first kappa shape index (κ1) is 29.6. The number of likely N-dealkylation sites (tertiary alicyclic amines) is 1. The van der Waals surface area contributed by atoms with Crippen molar-refractivity contribution in [3.05, 3.63) is 40.6 Å². The maximum absolute atomic E-state index is 10.6. The molecule has 8 nitrogen and oxygen atoms in total. The molecule has 0 saturated carbocycles. The van der Waals surface area contributed by atoms with E-state index in [2.05, 4.69) is 38.9 Å². The van der Waals surface area contributed by atoms with Crippen LogP contribution in [0, 0.1) is 6.92 Å². The summed E-state index contributed by atoms with van der Waals surface area (Å²) in [5.41, 5.74) is 1.13. The van der Waals surface area contributed by atoms with Crippen molar-refractivity contribution in [2.45, 2.75) is 43.1 Å². The SMILES string of the molecule is Cc1csc(CN2CC3(CC(Oc4cccnc4)CS3)C2)n1.O=C(O)C(F)(F)F.O=C(O)C(F)(F)F. The van der Waals surface area contributed by atoms with E-state index in [0.717, 1.165) is 43.3 Å². The lowest BCUT2D eigenvalue weighted by molar-refractivity contribution is -0.193. The van der Waals surface area contributed by atoms with Crippen LogP contribution in [0.25, 0.3) is 0 Å². The summed E-state index contributed by atoms with van der Waals surface area (Å²) in [4.78, 5) is 29.0. The van der Waals surface area contributed by atoms with E-state index in [1.165, 1.54) is 5.01 Å². The average Bonchev–Trinajstić information content (AvgIpc) is 3.34. The van der Waals surface area contributed by atoms with Crippen molar-refractivity contribution in [3.63, 3.8) is 0 Å². The molecular weight excluding hydrogens is 540 g/mol. The molecular formula is C20H21F6N3O5S2. The molecule has 1 unspecified atom stereocenters. The second-order valence-electron chi connectivity index (χ2n) is 7.76. The molecule has 2 aromatic heterocycles. The van der Waals surface area contributed by atoms with Crippen molar-refractivity contribution in [1.82, 2.24) is 14.9 Å². The molecule has 0 bridgehead atoms. The first-order valence-corrected chi connectivity index (χ1v) is 11.9. The molecule has 2 aliphatic rings. The van der Waals surface area contributed by atoms with Gasteiger partial charge in [-0.1, -0.05) is 0 Å². The standard InChI is InChI=1S/C16H19N3OS2.2C2HF3O2/c1-12-8-21-15(18-12)7-19-10-16(11-19)5-14(9-22-16)20-13-3-2-4-17-6-13;2*3-2(4,5)1(6)7/h2-4,6,8,14H,5,7,9-11H2,1H3;2*(H,6,7). The minimum Gasteiger partial charge on any atom is -0.488 e. The molecule has 4 rings (SSSR count). The van der Waals surface area contributed by atoms with Crippen molar-refractivity contribution >= 4 is 35.0 Å². The molecule has 2 saturated heterocycles. The van der Waals surface area contributed by atoms with E-state index < -0.39 is 24.3 Å². The second kappa shape index (κ2) is 12.1. The highest BCUT2D eigenvalue weighted by Crippen LogP contribution is 2.46. The van der Waals surface area contributed by atoms with Gasteiger partial charge >= 0.3 is 24.3 Å². The lowest BCUT2D eigenvalue weighted by Gasteiger charge is -2.47. The number of rotatable bonds is 4. The zero-order valence-electron chi connectivity index (χ0n) is 18.5. The van der Waals surface area contributed by atoms with Gasteiger partial charge in [0.15, 0.2) is 0 Å². The number of aliphatic carboxylic acids is 2. The molecule has 2 N–H and O–H groups in total. The third kappa shape index (κ3) is 9.46. The predicted octanol–water partition coefficient (Wildman–Crippen LogP) is 4.25. The number of carboxylic acid groups (broad SMARTS) is 2. The lowest BCUT2D eigenvalue weighted by Crippen LogP contribution is -2.58. The van der Waals surface area contributed by atoms with Gasteiger partial charge in [-0.05, 0) is 19.1 Å². The molecule has 16 heteroatoms. The van der Waals surface area contributed by atoms with E-state index in [1.807, 2.05) is 12.1 Å². The highest BCUT2D eigenvalue weighted by Gasteiger charge is 2.49. The van der Waals surface area contributed by atoms with E-state index >= 15 is 0 Å². The molecule has 2 aliphatic heterocycles. The highest BCUT2D eigenvalue weighted by atomic mass is 32.2. The monoisotopic (exact) mass is 561 g/mol. The number of carboxylic acids is 2. The fourth-order valence-corrected chi connectivity index (χ4v) is 5.64. The van der Waals surface area contributed by atoms with Crippen molar-refractivity contribution in [1.29, 1.82) is 0 Å². The summed E-state index contributed by atoms with van der Waals surface area (Å²) in [6, 6.07) is 3.91. The summed E-state index contributed by atoms with van der Waals surface area (Å²) in [6.45, 7) is 5.37. The summed E-state index contributed by atoms with van der Waals surface area (Å²) >= 11 is 3.84. The Morgan fingerprint density at radius 2 is 1.75 bits per heavy atom. The zero-order chi connectivity index (χ0) is 27.1. The molecule has 1 spiro atoms. The average molecular weight is 562 g/mol. The molecule has 200 valence electrons. The minimum absolute atomic E-state index is 0.318. The summed E-state index contributed by atoms with van der Waals surface area (Å²) in [7, 11) is 0. The first-order valence-electron chi connectivity index (χ1n) is 10.0. The fourth-order valence-electron chi connectivity index (χ4n) is 3.25. The van der Waals surface area contributed by atoms with Gasteiger partial charge in [-0.25, -0.2) is 14.6 Å². The number of pyridine rings is 1. The molecule has 1 atom stereocenters. The van der Waals surface area contributed by atoms with Crippen molar-refractivity contribution in [3.8, 4) is 5.75 Å². The van der Waals surface area contributed by atoms with Gasteiger partial charge in [-0.3, -0.25) is 9.88 Å². The Balaban J connectivity index is 0.000000271. The molecule has 0 aromatic carbocycles. The normalized spacial score (nSPS) is 18.8. The van der Waals surface area contributed by atoms with Gasteiger partial charge in [0, 0.05) is 47.3 Å². The summed E-state index contributed by atoms with van der Waals surface area (Å²) in [5, 5.41) is 17.6. The number of ether oxygens (including phenoxy) is 1. The number of thiazole rings is 1. The molecule has 0 aliphatic carbocycles. The fraction of sp³-hybridized carbons (Fsp3) is 0.500. The molecule has 2 aromatic rings. The van der Waals surface area contributed by atoms with E-state index in [-0.39, 0.29) is 0 Å². The van der Waals surface area contributed by atoms with Crippen LogP contribution in [0.5, 0.6) is 5.75 Å². The largest absolute Gasteiger partial charge is 0.490 e. The van der Waals surface area contributed by atoms with Gasteiger partial charge < -0.3 is 14.9 Å². The first-order chi connectivity index (χ1) is 16.6. The Morgan fingerprint density at radius 1 is 1.17 bits per heavy atom. The molecule has 2 fully saturated rings. The number of thioether (sulfide) groups is 1. The number of hydrogen-bond acceptors (Lipinski definition) is 8. The van der Waals surface area contributed by atoms with Crippen LogP contribution < -0.4 is 4.74 Å². The van der Waals surface area contributed by atoms with E-state index in [4.69, 9.17) is 24.5 Å². The zero-order valence-corrected chi connectivity index (χ0v) is 20.2. The number of alkyl halides is 6. The smallest absolute Gasteiger partial charge is 0.488 e. The minimum atomic E-state index is -5.08. The number of aromatic nitrogens is 2. The Kier molecular flexibility index (Phi) is 9.96.